The van der Waals surface area contributed by atoms with Crippen molar-refractivity contribution in [2.24, 2.45) is 0 Å². The van der Waals surface area contributed by atoms with Crippen molar-refractivity contribution in [2.75, 3.05) is 32.7 Å². The number of carbonyl (C=O) groups excluding carboxylic acids is 2. The smallest absolute Gasteiger partial charge is 0.321 e. The molecule has 0 spiro atoms. The van der Waals surface area contributed by atoms with Crippen molar-refractivity contribution in [3.8, 4) is 0 Å². The summed E-state index contributed by atoms with van der Waals surface area (Å²) in [4.78, 5) is 26.7. The number of imide groups is 1. The van der Waals surface area contributed by atoms with E-state index in [1.807, 2.05) is 13.8 Å². The fourth-order valence-corrected chi connectivity index (χ4v) is 3.79. The van der Waals surface area contributed by atoms with E-state index in [4.69, 9.17) is 0 Å². The second-order valence-electron chi connectivity index (χ2n) is 7.82. The van der Waals surface area contributed by atoms with Crippen LogP contribution in [0.2, 0.25) is 0 Å². The summed E-state index contributed by atoms with van der Waals surface area (Å²) in [5.41, 5.74) is 1.39. The molecule has 1 aliphatic heterocycles. The van der Waals surface area contributed by atoms with E-state index in [9.17, 15) is 9.59 Å². The van der Waals surface area contributed by atoms with Gasteiger partial charge in [0.15, 0.2) is 6.54 Å². The Bertz CT molecular complexity index is 810. The van der Waals surface area contributed by atoms with Crippen LogP contribution in [0.3, 0.4) is 0 Å². The van der Waals surface area contributed by atoms with Crippen molar-refractivity contribution in [1.29, 1.82) is 0 Å². The molecule has 3 amide bonds. The summed E-state index contributed by atoms with van der Waals surface area (Å²) in [6, 6.07) is 14.7. The summed E-state index contributed by atoms with van der Waals surface area (Å²) in [5, 5.41) is 7.83. The van der Waals surface area contributed by atoms with E-state index in [1.54, 1.807) is 4.90 Å². The van der Waals surface area contributed by atoms with E-state index < -0.39 is 0 Å². The Labute approximate surface area is 166 Å². The van der Waals surface area contributed by atoms with Crippen LogP contribution in [-0.2, 0) is 11.3 Å². The number of carbonyl (C=O) groups is 2. The van der Waals surface area contributed by atoms with Gasteiger partial charge >= 0.3 is 6.03 Å². The third-order valence-electron chi connectivity index (χ3n) is 5.64. The van der Waals surface area contributed by atoms with Gasteiger partial charge < -0.3 is 15.1 Å². The monoisotopic (exact) mass is 384 g/mol. The van der Waals surface area contributed by atoms with Gasteiger partial charge in [0, 0.05) is 11.6 Å². The summed E-state index contributed by atoms with van der Waals surface area (Å²) in [6.45, 7) is 9.24. The van der Waals surface area contributed by atoms with Crippen LogP contribution in [0.25, 0.3) is 10.8 Å². The number of rotatable bonds is 6. The maximum Gasteiger partial charge on any atom is 0.321 e. The fraction of sp³-hybridized carbons (Fsp3) is 0.455. The van der Waals surface area contributed by atoms with E-state index in [0.717, 1.165) is 39.1 Å². The summed E-state index contributed by atoms with van der Waals surface area (Å²) >= 11 is 0. The molecular formula is C22H32N4O2+2. The normalized spacial score (nSPS) is 20.5. The molecule has 1 fully saturated rings. The average molecular weight is 385 g/mol. The van der Waals surface area contributed by atoms with Crippen molar-refractivity contribution in [2.45, 2.75) is 32.9 Å². The van der Waals surface area contributed by atoms with E-state index >= 15 is 0 Å². The van der Waals surface area contributed by atoms with Crippen LogP contribution in [-0.4, -0.2) is 50.7 Å². The van der Waals surface area contributed by atoms with Gasteiger partial charge in [0.05, 0.1) is 0 Å². The highest BCUT2D eigenvalue weighted by atomic mass is 16.2. The first-order chi connectivity index (χ1) is 13.5. The van der Waals surface area contributed by atoms with Crippen molar-refractivity contribution in [1.82, 2.24) is 10.6 Å². The Kier molecular flexibility index (Phi) is 7.01. The predicted octanol–water partition coefficient (Wildman–Crippen LogP) is -0.252. The Balaban J connectivity index is 1.45. The maximum atomic E-state index is 12.1. The summed E-state index contributed by atoms with van der Waals surface area (Å²) in [7, 11) is 0. The third kappa shape index (κ3) is 5.53. The molecule has 2 aromatic carbocycles. The summed E-state index contributed by atoms with van der Waals surface area (Å²) in [5.74, 6) is -0.201. The van der Waals surface area contributed by atoms with Gasteiger partial charge in [-0.25, -0.2) is 4.79 Å². The van der Waals surface area contributed by atoms with E-state index in [0.29, 0.717) is 6.54 Å². The van der Waals surface area contributed by atoms with Crippen LogP contribution in [0.1, 0.15) is 25.8 Å². The molecule has 1 aliphatic rings. The minimum Gasteiger partial charge on any atom is -0.335 e. The van der Waals surface area contributed by atoms with Crippen LogP contribution >= 0.6 is 0 Å². The zero-order valence-corrected chi connectivity index (χ0v) is 16.9. The summed E-state index contributed by atoms with van der Waals surface area (Å²) in [6.07, 6.45) is 0.842. The maximum absolute atomic E-state index is 12.1. The standard InChI is InChI=1S/C22H30N4O2/c1-3-17(2)23-22(28)24-21(27)16-26-13-11-25(12-14-26)15-19-9-6-8-18-7-4-5-10-20(18)19/h4-10,17H,3,11-16H2,1-2H3,(H2,23,24,27,28)/p+2/t17-/m0/s1. The quantitative estimate of drug-likeness (QED) is 0.555. The third-order valence-corrected chi connectivity index (χ3v) is 5.64. The molecule has 4 N–H and O–H groups in total. The van der Waals surface area contributed by atoms with Gasteiger partial charge in [-0.1, -0.05) is 49.4 Å². The van der Waals surface area contributed by atoms with Crippen LogP contribution in [0.4, 0.5) is 4.79 Å². The molecule has 0 bridgehead atoms. The lowest BCUT2D eigenvalue weighted by molar-refractivity contribution is -1.02. The van der Waals surface area contributed by atoms with Crippen molar-refractivity contribution in [3.63, 3.8) is 0 Å². The minimum atomic E-state index is -0.390. The molecule has 1 atom stereocenters. The van der Waals surface area contributed by atoms with Crippen LogP contribution in [0.5, 0.6) is 0 Å². The van der Waals surface area contributed by atoms with E-state index in [1.165, 1.54) is 21.2 Å². The van der Waals surface area contributed by atoms with Crippen LogP contribution < -0.4 is 20.4 Å². The molecule has 2 aromatic rings. The molecular weight excluding hydrogens is 352 g/mol. The van der Waals surface area contributed by atoms with Gasteiger partial charge in [-0.2, -0.15) is 0 Å². The Morgan fingerprint density at radius 1 is 1.00 bits per heavy atom. The number of nitrogens with one attached hydrogen (secondary N) is 4. The van der Waals surface area contributed by atoms with Crippen molar-refractivity contribution < 1.29 is 19.4 Å². The molecule has 0 saturated carbocycles. The zero-order valence-electron chi connectivity index (χ0n) is 16.9. The Morgan fingerprint density at radius 2 is 1.68 bits per heavy atom. The van der Waals surface area contributed by atoms with Gasteiger partial charge in [-0.15, -0.1) is 0 Å². The number of hydrogen-bond donors (Lipinski definition) is 4. The van der Waals surface area contributed by atoms with Gasteiger partial charge in [0.2, 0.25) is 0 Å². The molecule has 0 radical (unpaired) electrons. The van der Waals surface area contributed by atoms with Gasteiger partial charge in [-0.3, -0.25) is 10.1 Å². The number of benzene rings is 2. The molecule has 1 saturated heterocycles. The Hall–Kier alpha value is -2.44. The second-order valence-corrected chi connectivity index (χ2v) is 7.82. The number of amides is 3. The van der Waals surface area contributed by atoms with Crippen LogP contribution in [0, 0.1) is 0 Å². The fourth-order valence-electron chi connectivity index (χ4n) is 3.79. The molecule has 150 valence electrons. The van der Waals surface area contributed by atoms with E-state index in [-0.39, 0.29) is 18.0 Å². The first-order valence-electron chi connectivity index (χ1n) is 10.3. The first-order valence-corrected chi connectivity index (χ1v) is 10.3. The number of piperazine rings is 1. The van der Waals surface area contributed by atoms with Crippen LogP contribution in [0.15, 0.2) is 42.5 Å². The largest absolute Gasteiger partial charge is 0.335 e. The molecule has 28 heavy (non-hydrogen) atoms. The average Bonchev–Trinajstić information content (AvgIpc) is 2.69. The topological polar surface area (TPSA) is 67.1 Å². The lowest BCUT2D eigenvalue weighted by Gasteiger charge is -2.29. The van der Waals surface area contributed by atoms with Gasteiger partial charge in [0.1, 0.15) is 32.7 Å². The molecule has 0 aliphatic carbocycles. The van der Waals surface area contributed by atoms with Crippen molar-refractivity contribution >= 4 is 22.7 Å². The first kappa shape index (κ1) is 20.3. The molecule has 6 nitrogen and oxygen atoms in total. The molecule has 3 rings (SSSR count). The SMILES string of the molecule is CC[C@H](C)NC(=O)NC(=O)C[NH+]1CC[NH+](Cc2cccc3ccccc23)CC1. The minimum absolute atomic E-state index is 0.0707. The lowest BCUT2D eigenvalue weighted by Crippen LogP contribution is -3.28. The van der Waals surface area contributed by atoms with Crippen molar-refractivity contribution in [3.05, 3.63) is 48.0 Å². The summed E-state index contributed by atoms with van der Waals surface area (Å²) < 4.78 is 0. The van der Waals surface area contributed by atoms with Gasteiger partial charge in [0.25, 0.3) is 5.91 Å². The number of quaternary nitrogens is 2. The number of urea groups is 1. The highest BCUT2D eigenvalue weighted by Gasteiger charge is 2.25. The molecule has 1 heterocycles. The highest BCUT2D eigenvalue weighted by Crippen LogP contribution is 2.17. The number of hydrogen-bond acceptors (Lipinski definition) is 2. The predicted molar refractivity (Wildman–Crippen MR) is 110 cm³/mol. The Morgan fingerprint density at radius 3 is 2.43 bits per heavy atom. The number of fused-ring (bicyclic) bond motifs is 1. The highest BCUT2D eigenvalue weighted by molar-refractivity contribution is 5.94. The second kappa shape index (κ2) is 9.66. The zero-order chi connectivity index (χ0) is 19.9. The van der Waals surface area contributed by atoms with E-state index in [2.05, 4.69) is 53.1 Å². The molecule has 0 aromatic heterocycles. The molecule has 6 heteroatoms. The molecule has 0 unspecified atom stereocenters. The van der Waals surface area contributed by atoms with Gasteiger partial charge in [-0.05, 0) is 24.1 Å². The lowest BCUT2D eigenvalue weighted by atomic mass is 10.0.